The zero-order chi connectivity index (χ0) is 21.6. The minimum Gasteiger partial charge on any atom is -0.465 e. The van der Waals surface area contributed by atoms with Crippen LogP contribution in [-0.2, 0) is 19.6 Å². The SMILES string of the molecule is COC(=O)c1ccc(Cl)c(NC(=O)CCCN(c2cccc(Cl)c2)S(C)(=O)=O)c1. The summed E-state index contributed by atoms with van der Waals surface area (Å²) in [5, 5.41) is 3.30. The van der Waals surface area contributed by atoms with Crippen LogP contribution < -0.4 is 9.62 Å². The highest BCUT2D eigenvalue weighted by Gasteiger charge is 2.18. The van der Waals surface area contributed by atoms with Gasteiger partial charge < -0.3 is 10.1 Å². The van der Waals surface area contributed by atoms with Gasteiger partial charge in [-0.1, -0.05) is 29.3 Å². The maximum Gasteiger partial charge on any atom is 0.337 e. The number of nitrogens with one attached hydrogen (secondary N) is 1. The highest BCUT2D eigenvalue weighted by atomic mass is 35.5. The maximum atomic E-state index is 12.3. The minimum atomic E-state index is -3.55. The number of amides is 1. The highest BCUT2D eigenvalue weighted by Crippen LogP contribution is 2.25. The summed E-state index contributed by atoms with van der Waals surface area (Å²) in [6, 6.07) is 10.9. The van der Waals surface area contributed by atoms with Gasteiger partial charge in [0.1, 0.15) is 0 Å². The Bertz CT molecular complexity index is 1010. The predicted octanol–water partition coefficient (Wildman–Crippen LogP) is 3.96. The van der Waals surface area contributed by atoms with Crippen molar-refractivity contribution in [3.63, 3.8) is 0 Å². The van der Waals surface area contributed by atoms with Crippen LogP contribution >= 0.6 is 23.2 Å². The molecule has 2 aromatic rings. The molecule has 0 aliphatic rings. The van der Waals surface area contributed by atoms with Crippen LogP contribution in [0, 0.1) is 0 Å². The number of hydrogen-bond donors (Lipinski definition) is 1. The van der Waals surface area contributed by atoms with Crippen molar-refractivity contribution in [2.45, 2.75) is 12.8 Å². The van der Waals surface area contributed by atoms with E-state index in [0.717, 1.165) is 6.26 Å². The van der Waals surface area contributed by atoms with Gasteiger partial charge in [-0.05, 0) is 42.8 Å². The molecule has 7 nitrogen and oxygen atoms in total. The molecule has 0 saturated heterocycles. The summed E-state index contributed by atoms with van der Waals surface area (Å²) < 4.78 is 30.0. The van der Waals surface area contributed by atoms with E-state index in [2.05, 4.69) is 10.1 Å². The Balaban J connectivity index is 2.02. The second-order valence-electron chi connectivity index (χ2n) is 6.15. The zero-order valence-corrected chi connectivity index (χ0v) is 18.1. The molecule has 0 spiro atoms. The average molecular weight is 459 g/mol. The van der Waals surface area contributed by atoms with Crippen molar-refractivity contribution >= 4 is 56.5 Å². The summed E-state index contributed by atoms with van der Waals surface area (Å²) in [4.78, 5) is 23.9. The molecular formula is C19H20Cl2N2O5S. The van der Waals surface area contributed by atoms with Crippen LogP contribution in [0.25, 0.3) is 0 Å². The Morgan fingerprint density at radius 3 is 2.48 bits per heavy atom. The van der Waals surface area contributed by atoms with Crippen molar-refractivity contribution in [2.75, 3.05) is 29.5 Å². The molecule has 0 aliphatic heterocycles. The third-order valence-corrected chi connectivity index (χ3v) is 5.68. The Morgan fingerprint density at radius 2 is 1.86 bits per heavy atom. The number of rotatable bonds is 8. The molecule has 10 heteroatoms. The van der Waals surface area contributed by atoms with Crippen LogP contribution in [0.4, 0.5) is 11.4 Å². The molecule has 0 unspecified atom stereocenters. The van der Waals surface area contributed by atoms with E-state index in [-0.39, 0.29) is 41.6 Å². The molecule has 2 aromatic carbocycles. The van der Waals surface area contributed by atoms with Gasteiger partial charge in [-0.25, -0.2) is 13.2 Å². The molecule has 0 radical (unpaired) electrons. The first-order chi connectivity index (χ1) is 13.6. The lowest BCUT2D eigenvalue weighted by atomic mass is 10.2. The van der Waals surface area contributed by atoms with E-state index >= 15 is 0 Å². The van der Waals surface area contributed by atoms with Gasteiger partial charge in [-0.2, -0.15) is 0 Å². The third-order valence-electron chi connectivity index (χ3n) is 3.92. The summed E-state index contributed by atoms with van der Waals surface area (Å²) in [5.74, 6) is -0.920. The van der Waals surface area contributed by atoms with Gasteiger partial charge in [0.2, 0.25) is 15.9 Å². The molecule has 0 fully saturated rings. The molecular weight excluding hydrogens is 439 g/mol. The van der Waals surface area contributed by atoms with Gasteiger partial charge in [0, 0.05) is 18.0 Å². The van der Waals surface area contributed by atoms with Crippen molar-refractivity contribution in [3.05, 3.63) is 58.1 Å². The molecule has 29 heavy (non-hydrogen) atoms. The Kier molecular flexibility index (Phi) is 7.89. The van der Waals surface area contributed by atoms with Gasteiger partial charge in [0.05, 0.1) is 35.3 Å². The molecule has 0 bridgehead atoms. The fourth-order valence-electron chi connectivity index (χ4n) is 2.58. The fraction of sp³-hybridized carbons (Fsp3) is 0.263. The number of ether oxygens (including phenoxy) is 1. The molecule has 2 rings (SSSR count). The quantitative estimate of drug-likeness (QED) is 0.604. The highest BCUT2D eigenvalue weighted by molar-refractivity contribution is 7.92. The Labute approximate surface area is 179 Å². The lowest BCUT2D eigenvalue weighted by Gasteiger charge is -2.22. The van der Waals surface area contributed by atoms with Crippen LogP contribution in [0.1, 0.15) is 23.2 Å². The van der Waals surface area contributed by atoms with Gasteiger partial charge in [-0.3, -0.25) is 9.10 Å². The van der Waals surface area contributed by atoms with E-state index in [9.17, 15) is 18.0 Å². The van der Waals surface area contributed by atoms with Crippen LogP contribution in [-0.4, -0.2) is 40.2 Å². The van der Waals surface area contributed by atoms with Crippen molar-refractivity contribution in [2.24, 2.45) is 0 Å². The number of nitrogens with zero attached hydrogens (tertiary/aromatic N) is 1. The van der Waals surface area contributed by atoms with Crippen LogP contribution in [0.2, 0.25) is 10.0 Å². The van der Waals surface area contributed by atoms with E-state index in [1.54, 1.807) is 24.3 Å². The van der Waals surface area contributed by atoms with Gasteiger partial charge in [-0.15, -0.1) is 0 Å². The molecule has 156 valence electrons. The lowest BCUT2D eigenvalue weighted by molar-refractivity contribution is -0.116. The molecule has 0 aromatic heterocycles. The van der Waals surface area contributed by atoms with E-state index in [4.69, 9.17) is 23.2 Å². The lowest BCUT2D eigenvalue weighted by Crippen LogP contribution is -2.31. The smallest absolute Gasteiger partial charge is 0.337 e. The Morgan fingerprint density at radius 1 is 1.14 bits per heavy atom. The first-order valence-electron chi connectivity index (χ1n) is 8.53. The average Bonchev–Trinajstić information content (AvgIpc) is 2.65. The molecule has 0 heterocycles. The largest absolute Gasteiger partial charge is 0.465 e. The zero-order valence-electron chi connectivity index (χ0n) is 15.8. The first-order valence-corrected chi connectivity index (χ1v) is 11.1. The molecule has 0 atom stereocenters. The third kappa shape index (κ3) is 6.62. The topological polar surface area (TPSA) is 92.8 Å². The van der Waals surface area contributed by atoms with E-state index < -0.39 is 16.0 Å². The van der Waals surface area contributed by atoms with Crippen LogP contribution in [0.5, 0.6) is 0 Å². The normalized spacial score (nSPS) is 11.0. The van der Waals surface area contributed by atoms with E-state index in [1.807, 2.05) is 0 Å². The van der Waals surface area contributed by atoms with Gasteiger partial charge in [0.25, 0.3) is 0 Å². The van der Waals surface area contributed by atoms with Gasteiger partial charge in [0.15, 0.2) is 0 Å². The number of benzene rings is 2. The Hall–Kier alpha value is -2.29. The van der Waals surface area contributed by atoms with Crippen molar-refractivity contribution in [3.8, 4) is 0 Å². The summed E-state index contributed by atoms with van der Waals surface area (Å²) in [5.41, 5.74) is 0.944. The minimum absolute atomic E-state index is 0.0470. The summed E-state index contributed by atoms with van der Waals surface area (Å²) in [7, 11) is -2.29. The summed E-state index contributed by atoms with van der Waals surface area (Å²) in [6.45, 7) is 0.0997. The second-order valence-corrected chi connectivity index (χ2v) is 8.90. The molecule has 0 aliphatic carbocycles. The number of halogens is 2. The fourth-order valence-corrected chi connectivity index (χ4v) is 3.89. The number of carbonyl (C=O) groups is 2. The number of carbonyl (C=O) groups excluding carboxylic acids is 2. The molecule has 1 N–H and O–H groups in total. The summed E-state index contributed by atoms with van der Waals surface area (Å²) >= 11 is 12.0. The van der Waals surface area contributed by atoms with Crippen LogP contribution in [0.15, 0.2) is 42.5 Å². The van der Waals surface area contributed by atoms with E-state index in [1.165, 1.54) is 29.6 Å². The number of anilines is 2. The maximum absolute atomic E-state index is 12.3. The van der Waals surface area contributed by atoms with E-state index in [0.29, 0.717) is 10.7 Å². The number of hydrogen-bond acceptors (Lipinski definition) is 5. The second kappa shape index (κ2) is 9.96. The molecule has 0 saturated carbocycles. The van der Waals surface area contributed by atoms with Crippen LogP contribution in [0.3, 0.4) is 0 Å². The monoisotopic (exact) mass is 458 g/mol. The number of esters is 1. The predicted molar refractivity (Wildman–Crippen MR) is 114 cm³/mol. The van der Waals surface area contributed by atoms with Crippen molar-refractivity contribution in [1.29, 1.82) is 0 Å². The molecule has 1 amide bonds. The number of methoxy groups -OCH3 is 1. The first kappa shape index (κ1) is 23.0. The number of sulfonamides is 1. The van der Waals surface area contributed by atoms with Crippen molar-refractivity contribution in [1.82, 2.24) is 0 Å². The standard InChI is InChI=1S/C19H20Cl2N2O5S/c1-28-19(25)13-8-9-16(21)17(11-13)22-18(24)7-4-10-23(29(2,26)27)15-6-3-5-14(20)12-15/h3,5-6,8-9,11-12H,4,7,10H2,1-2H3,(H,22,24). The summed E-state index contributed by atoms with van der Waals surface area (Å²) in [6.07, 6.45) is 1.40. The van der Waals surface area contributed by atoms with Crippen molar-refractivity contribution < 1.29 is 22.7 Å². The van der Waals surface area contributed by atoms with Gasteiger partial charge >= 0.3 is 5.97 Å².